The van der Waals surface area contributed by atoms with Crippen molar-refractivity contribution in [3.8, 4) is 0 Å². The molecule has 0 aromatic rings. The van der Waals surface area contributed by atoms with Gasteiger partial charge >= 0.3 is 0 Å². The summed E-state index contributed by atoms with van der Waals surface area (Å²) in [5.74, 6) is 0. The third-order valence-electron chi connectivity index (χ3n) is 3.13. The Labute approximate surface area is 119 Å². The molecule has 0 radical (unpaired) electrons. The smallest absolute Gasteiger partial charge is 0.177 e. The number of rotatable bonds is 6. The van der Waals surface area contributed by atoms with Crippen molar-refractivity contribution in [3.05, 3.63) is 37.0 Å². The lowest BCUT2D eigenvalue weighted by atomic mass is 10.2. The summed E-state index contributed by atoms with van der Waals surface area (Å²) in [5, 5.41) is 9.50. The molecule has 2 heterocycles. The molecular formula is C15H22O5. The first-order chi connectivity index (χ1) is 9.69. The molecule has 0 saturated carbocycles. The number of ether oxygens (including phenoxy) is 4. The summed E-state index contributed by atoms with van der Waals surface area (Å²) in [5.41, 5.74) is 0. The first-order valence-corrected chi connectivity index (χ1v) is 6.87. The molecule has 20 heavy (non-hydrogen) atoms. The maximum atomic E-state index is 9.50. The fourth-order valence-corrected chi connectivity index (χ4v) is 2.00. The van der Waals surface area contributed by atoms with Gasteiger partial charge in [0, 0.05) is 6.42 Å². The van der Waals surface area contributed by atoms with Crippen molar-refractivity contribution in [1.29, 1.82) is 0 Å². The molecule has 0 aromatic carbocycles. The zero-order chi connectivity index (χ0) is 14.4. The Morgan fingerprint density at radius 3 is 2.90 bits per heavy atom. The molecule has 0 saturated heterocycles. The molecule has 5 atom stereocenters. The Morgan fingerprint density at radius 2 is 2.15 bits per heavy atom. The van der Waals surface area contributed by atoms with E-state index in [9.17, 15) is 5.11 Å². The largest absolute Gasteiger partial charge is 0.386 e. The summed E-state index contributed by atoms with van der Waals surface area (Å²) in [6, 6.07) is 0. The Bertz CT molecular complexity index is 365. The normalized spacial score (nSPS) is 37.0. The Hall–Kier alpha value is -0.980. The number of hydrogen-bond acceptors (Lipinski definition) is 5. The molecule has 0 spiro atoms. The second-order valence-electron chi connectivity index (χ2n) is 4.81. The third-order valence-corrected chi connectivity index (χ3v) is 3.13. The summed E-state index contributed by atoms with van der Waals surface area (Å²) >= 11 is 0. The van der Waals surface area contributed by atoms with E-state index in [1.54, 1.807) is 25.2 Å². The quantitative estimate of drug-likeness (QED) is 0.749. The molecular weight excluding hydrogens is 260 g/mol. The van der Waals surface area contributed by atoms with Gasteiger partial charge in [-0.1, -0.05) is 24.3 Å². The SMILES string of the molecule is C=CCOC1CC=C[C@@H](CO[C@@H]2C=C[C@H](O)[C@H](C)O2)O1. The number of aliphatic hydroxyl groups excluding tert-OH is 1. The van der Waals surface area contributed by atoms with Crippen LogP contribution in [-0.4, -0.2) is 49.2 Å². The van der Waals surface area contributed by atoms with Gasteiger partial charge in [-0.25, -0.2) is 0 Å². The van der Waals surface area contributed by atoms with Crippen molar-refractivity contribution in [2.75, 3.05) is 13.2 Å². The molecule has 5 heteroatoms. The summed E-state index contributed by atoms with van der Waals surface area (Å²) in [6.07, 6.45) is 8.11. The van der Waals surface area contributed by atoms with Gasteiger partial charge in [-0.05, 0) is 13.0 Å². The van der Waals surface area contributed by atoms with Gasteiger partial charge in [0.05, 0.1) is 25.4 Å². The van der Waals surface area contributed by atoms with Gasteiger partial charge in [0.2, 0.25) is 0 Å². The maximum Gasteiger partial charge on any atom is 0.177 e. The van der Waals surface area contributed by atoms with E-state index in [4.69, 9.17) is 18.9 Å². The topological polar surface area (TPSA) is 57.2 Å². The van der Waals surface area contributed by atoms with Gasteiger partial charge in [0.1, 0.15) is 6.10 Å². The lowest BCUT2D eigenvalue weighted by Crippen LogP contribution is -2.36. The highest BCUT2D eigenvalue weighted by Gasteiger charge is 2.24. The first-order valence-electron chi connectivity index (χ1n) is 6.87. The van der Waals surface area contributed by atoms with E-state index in [0.29, 0.717) is 13.2 Å². The van der Waals surface area contributed by atoms with Crippen LogP contribution in [0.2, 0.25) is 0 Å². The Morgan fingerprint density at radius 1 is 1.30 bits per heavy atom. The van der Waals surface area contributed by atoms with Crippen molar-refractivity contribution in [2.45, 2.75) is 44.2 Å². The lowest BCUT2D eigenvalue weighted by molar-refractivity contribution is -0.203. The zero-order valence-electron chi connectivity index (χ0n) is 11.7. The molecule has 0 aliphatic carbocycles. The second kappa shape index (κ2) is 7.71. The van der Waals surface area contributed by atoms with E-state index in [2.05, 4.69) is 6.58 Å². The van der Waals surface area contributed by atoms with E-state index >= 15 is 0 Å². The summed E-state index contributed by atoms with van der Waals surface area (Å²) < 4.78 is 22.3. The first kappa shape index (κ1) is 15.4. The summed E-state index contributed by atoms with van der Waals surface area (Å²) in [7, 11) is 0. The maximum absolute atomic E-state index is 9.50. The molecule has 0 aromatic heterocycles. The van der Waals surface area contributed by atoms with Crippen LogP contribution in [-0.2, 0) is 18.9 Å². The minimum Gasteiger partial charge on any atom is -0.386 e. The average molecular weight is 282 g/mol. The van der Waals surface area contributed by atoms with Gasteiger partial charge < -0.3 is 24.1 Å². The van der Waals surface area contributed by atoms with Crippen LogP contribution in [0.15, 0.2) is 37.0 Å². The number of hydrogen-bond donors (Lipinski definition) is 1. The van der Waals surface area contributed by atoms with Crippen LogP contribution in [0.3, 0.4) is 0 Å². The van der Waals surface area contributed by atoms with Crippen LogP contribution in [0.25, 0.3) is 0 Å². The van der Waals surface area contributed by atoms with Crippen LogP contribution in [0.4, 0.5) is 0 Å². The van der Waals surface area contributed by atoms with Crippen molar-refractivity contribution in [2.24, 2.45) is 0 Å². The average Bonchev–Trinajstić information content (AvgIpc) is 2.47. The lowest BCUT2D eigenvalue weighted by Gasteiger charge is -2.29. The predicted molar refractivity (Wildman–Crippen MR) is 74.0 cm³/mol. The highest BCUT2D eigenvalue weighted by molar-refractivity contribution is 4.99. The zero-order valence-corrected chi connectivity index (χ0v) is 11.7. The van der Waals surface area contributed by atoms with Crippen LogP contribution in [0, 0.1) is 0 Å². The van der Waals surface area contributed by atoms with Crippen LogP contribution >= 0.6 is 0 Å². The predicted octanol–water partition coefficient (Wildman–Crippen LogP) is 1.54. The molecule has 2 aliphatic rings. The van der Waals surface area contributed by atoms with Crippen LogP contribution in [0.1, 0.15) is 13.3 Å². The summed E-state index contributed by atoms with van der Waals surface area (Å²) in [6.45, 7) is 6.26. The molecule has 2 rings (SSSR count). The van der Waals surface area contributed by atoms with Crippen molar-refractivity contribution >= 4 is 0 Å². The minimum absolute atomic E-state index is 0.155. The Balaban J connectivity index is 1.74. The van der Waals surface area contributed by atoms with Crippen LogP contribution in [0.5, 0.6) is 0 Å². The number of aliphatic hydroxyl groups is 1. The van der Waals surface area contributed by atoms with E-state index in [1.807, 2.05) is 12.2 Å². The highest BCUT2D eigenvalue weighted by atomic mass is 16.7. The van der Waals surface area contributed by atoms with Gasteiger partial charge in [0.25, 0.3) is 0 Å². The molecule has 1 unspecified atom stereocenters. The second-order valence-corrected chi connectivity index (χ2v) is 4.81. The Kier molecular flexibility index (Phi) is 5.94. The molecule has 2 aliphatic heterocycles. The molecule has 1 N–H and O–H groups in total. The monoisotopic (exact) mass is 282 g/mol. The van der Waals surface area contributed by atoms with Gasteiger partial charge in [-0.15, -0.1) is 6.58 Å². The van der Waals surface area contributed by atoms with Crippen molar-refractivity contribution in [1.82, 2.24) is 0 Å². The van der Waals surface area contributed by atoms with E-state index < -0.39 is 12.4 Å². The standard InChI is InChI=1S/C15H22O5/c1-3-9-17-14-6-4-5-12(20-14)10-18-15-8-7-13(16)11(2)19-15/h3-5,7-8,11-16H,1,6,9-10H2,2H3/t11-,12-,13-,14?,15-/m0/s1. The van der Waals surface area contributed by atoms with Gasteiger partial charge in [-0.2, -0.15) is 0 Å². The van der Waals surface area contributed by atoms with Crippen molar-refractivity contribution in [3.63, 3.8) is 0 Å². The minimum atomic E-state index is -0.572. The highest BCUT2D eigenvalue weighted by Crippen LogP contribution is 2.17. The van der Waals surface area contributed by atoms with E-state index in [1.165, 1.54) is 0 Å². The van der Waals surface area contributed by atoms with Gasteiger partial charge in [-0.3, -0.25) is 0 Å². The fourth-order valence-electron chi connectivity index (χ4n) is 2.00. The third kappa shape index (κ3) is 4.54. The summed E-state index contributed by atoms with van der Waals surface area (Å²) in [4.78, 5) is 0. The molecule has 0 bridgehead atoms. The van der Waals surface area contributed by atoms with E-state index in [-0.39, 0.29) is 18.5 Å². The van der Waals surface area contributed by atoms with Crippen molar-refractivity contribution < 1.29 is 24.1 Å². The van der Waals surface area contributed by atoms with Gasteiger partial charge in [0.15, 0.2) is 12.6 Å². The fraction of sp³-hybridized carbons (Fsp3) is 0.600. The van der Waals surface area contributed by atoms with Crippen LogP contribution < -0.4 is 0 Å². The molecule has 0 amide bonds. The molecule has 112 valence electrons. The molecule has 0 fully saturated rings. The molecule has 5 nitrogen and oxygen atoms in total. The van der Waals surface area contributed by atoms with E-state index in [0.717, 1.165) is 6.42 Å².